The predicted molar refractivity (Wildman–Crippen MR) is 90.6 cm³/mol. The Morgan fingerprint density at radius 3 is 2.81 bits per heavy atom. The predicted octanol–water partition coefficient (Wildman–Crippen LogP) is 3.41. The highest BCUT2D eigenvalue weighted by molar-refractivity contribution is 6.35. The van der Waals surface area contributed by atoms with Gasteiger partial charge < -0.3 is 10.2 Å². The summed E-state index contributed by atoms with van der Waals surface area (Å²) < 4.78 is 0. The quantitative estimate of drug-likeness (QED) is 0.905. The molecule has 0 aliphatic carbocycles. The topological polar surface area (TPSA) is 32.3 Å². The van der Waals surface area contributed by atoms with Crippen molar-refractivity contribution in [3.8, 4) is 0 Å². The third kappa shape index (κ3) is 4.75. The van der Waals surface area contributed by atoms with Crippen molar-refractivity contribution in [3.63, 3.8) is 0 Å². The van der Waals surface area contributed by atoms with Crippen LogP contribution in [0.3, 0.4) is 0 Å². The SMILES string of the molecule is CC(Cc1ccc(Cl)cc1Cl)C(=O)N1CCNC[C@@H]1C.Cl. The maximum atomic E-state index is 12.5. The summed E-state index contributed by atoms with van der Waals surface area (Å²) >= 11 is 12.1. The van der Waals surface area contributed by atoms with Crippen LogP contribution in [0.2, 0.25) is 10.0 Å². The molecule has 0 spiro atoms. The van der Waals surface area contributed by atoms with Gasteiger partial charge in [0.1, 0.15) is 0 Å². The van der Waals surface area contributed by atoms with Crippen LogP contribution < -0.4 is 5.32 Å². The smallest absolute Gasteiger partial charge is 0.226 e. The number of rotatable bonds is 3. The number of halogens is 3. The van der Waals surface area contributed by atoms with E-state index in [9.17, 15) is 4.79 Å². The minimum atomic E-state index is -0.0748. The van der Waals surface area contributed by atoms with Gasteiger partial charge in [0.25, 0.3) is 0 Å². The Balaban J connectivity index is 0.00000220. The maximum Gasteiger partial charge on any atom is 0.226 e. The van der Waals surface area contributed by atoms with Crippen molar-refractivity contribution in [2.45, 2.75) is 26.3 Å². The summed E-state index contributed by atoms with van der Waals surface area (Å²) in [5.41, 5.74) is 0.972. The second-order valence-corrected chi connectivity index (χ2v) is 6.27. The first-order chi connectivity index (χ1) is 9.49. The van der Waals surface area contributed by atoms with Crippen LogP contribution in [0.5, 0.6) is 0 Å². The van der Waals surface area contributed by atoms with Crippen molar-refractivity contribution >= 4 is 41.5 Å². The van der Waals surface area contributed by atoms with Crippen molar-refractivity contribution in [1.82, 2.24) is 10.2 Å². The van der Waals surface area contributed by atoms with Crippen LogP contribution in [0.4, 0.5) is 0 Å². The molecular weight excluding hydrogens is 331 g/mol. The molecule has 0 radical (unpaired) electrons. The lowest BCUT2D eigenvalue weighted by Gasteiger charge is -2.35. The van der Waals surface area contributed by atoms with Gasteiger partial charge in [-0.2, -0.15) is 0 Å². The number of hydrogen-bond donors (Lipinski definition) is 1. The normalized spacial score (nSPS) is 19.8. The van der Waals surface area contributed by atoms with Gasteiger partial charge >= 0.3 is 0 Å². The van der Waals surface area contributed by atoms with E-state index in [2.05, 4.69) is 12.2 Å². The molecule has 2 atom stereocenters. The van der Waals surface area contributed by atoms with Gasteiger partial charge in [-0.3, -0.25) is 4.79 Å². The van der Waals surface area contributed by atoms with Crippen molar-refractivity contribution < 1.29 is 4.79 Å². The number of hydrogen-bond acceptors (Lipinski definition) is 2. The van der Waals surface area contributed by atoms with Crippen molar-refractivity contribution in [2.24, 2.45) is 5.92 Å². The zero-order valence-electron chi connectivity index (χ0n) is 12.2. The lowest BCUT2D eigenvalue weighted by Crippen LogP contribution is -2.53. The van der Waals surface area contributed by atoms with Gasteiger partial charge in [-0.25, -0.2) is 0 Å². The van der Waals surface area contributed by atoms with Crippen LogP contribution in [0.15, 0.2) is 18.2 Å². The first kappa shape index (κ1) is 18.6. The van der Waals surface area contributed by atoms with Crippen LogP contribution in [0, 0.1) is 5.92 Å². The molecule has 1 aliphatic heterocycles. The Hall–Kier alpha value is -0.480. The van der Waals surface area contributed by atoms with E-state index in [1.165, 1.54) is 0 Å². The third-order valence-corrected chi connectivity index (χ3v) is 4.33. The fourth-order valence-corrected chi connectivity index (χ4v) is 3.04. The number of nitrogens with one attached hydrogen (secondary N) is 1. The summed E-state index contributed by atoms with van der Waals surface area (Å²) in [7, 11) is 0. The molecule has 1 N–H and O–H groups in total. The third-order valence-electron chi connectivity index (χ3n) is 3.75. The summed E-state index contributed by atoms with van der Waals surface area (Å²) in [6.45, 7) is 6.54. The Morgan fingerprint density at radius 1 is 1.48 bits per heavy atom. The van der Waals surface area contributed by atoms with E-state index in [-0.39, 0.29) is 30.3 Å². The van der Waals surface area contributed by atoms with E-state index < -0.39 is 0 Å². The van der Waals surface area contributed by atoms with Gasteiger partial charge in [-0.15, -0.1) is 12.4 Å². The molecule has 1 aliphatic rings. The minimum Gasteiger partial charge on any atom is -0.337 e. The van der Waals surface area contributed by atoms with Gasteiger partial charge in [-0.1, -0.05) is 36.2 Å². The summed E-state index contributed by atoms with van der Waals surface area (Å²) in [4.78, 5) is 14.5. The molecule has 1 aromatic rings. The lowest BCUT2D eigenvalue weighted by molar-refractivity contribution is -0.137. The maximum absolute atomic E-state index is 12.5. The molecule has 21 heavy (non-hydrogen) atoms. The number of amides is 1. The second-order valence-electron chi connectivity index (χ2n) is 5.43. The molecule has 1 fully saturated rings. The number of piperazine rings is 1. The molecule has 1 amide bonds. The molecule has 1 saturated heterocycles. The lowest BCUT2D eigenvalue weighted by atomic mass is 9.98. The van der Waals surface area contributed by atoms with E-state index in [0.717, 1.165) is 25.2 Å². The largest absolute Gasteiger partial charge is 0.337 e. The fourth-order valence-electron chi connectivity index (χ4n) is 2.56. The van der Waals surface area contributed by atoms with E-state index in [0.29, 0.717) is 16.5 Å². The van der Waals surface area contributed by atoms with Gasteiger partial charge in [-0.05, 0) is 31.0 Å². The van der Waals surface area contributed by atoms with Crippen LogP contribution in [0.25, 0.3) is 0 Å². The second kappa shape index (κ2) is 8.23. The Labute approximate surface area is 142 Å². The van der Waals surface area contributed by atoms with E-state index in [4.69, 9.17) is 23.2 Å². The van der Waals surface area contributed by atoms with E-state index in [1.807, 2.05) is 24.0 Å². The van der Waals surface area contributed by atoms with Crippen LogP contribution in [-0.2, 0) is 11.2 Å². The highest BCUT2D eigenvalue weighted by Gasteiger charge is 2.27. The average molecular weight is 352 g/mol. The van der Waals surface area contributed by atoms with Crippen LogP contribution in [-0.4, -0.2) is 36.5 Å². The number of benzene rings is 1. The average Bonchev–Trinajstić information content (AvgIpc) is 2.41. The monoisotopic (exact) mass is 350 g/mol. The molecule has 0 aromatic heterocycles. The van der Waals surface area contributed by atoms with Crippen LogP contribution >= 0.6 is 35.6 Å². The molecule has 0 bridgehead atoms. The molecule has 1 unspecified atom stereocenters. The Kier molecular flexibility index (Phi) is 7.28. The van der Waals surface area contributed by atoms with Gasteiger partial charge in [0.2, 0.25) is 5.91 Å². The molecule has 2 rings (SSSR count). The van der Waals surface area contributed by atoms with Crippen molar-refractivity contribution in [2.75, 3.05) is 19.6 Å². The van der Waals surface area contributed by atoms with Crippen molar-refractivity contribution in [1.29, 1.82) is 0 Å². The summed E-state index contributed by atoms with van der Waals surface area (Å²) in [5.74, 6) is 0.124. The van der Waals surface area contributed by atoms with E-state index in [1.54, 1.807) is 6.07 Å². The van der Waals surface area contributed by atoms with Crippen LogP contribution in [0.1, 0.15) is 19.4 Å². The summed E-state index contributed by atoms with van der Waals surface area (Å²) in [5, 5.41) is 4.54. The molecular formula is C15H21Cl3N2O. The number of nitrogens with zero attached hydrogens (tertiary/aromatic N) is 1. The van der Waals surface area contributed by atoms with Gasteiger partial charge in [0, 0.05) is 41.6 Å². The summed E-state index contributed by atoms with van der Waals surface area (Å²) in [6, 6.07) is 5.69. The van der Waals surface area contributed by atoms with Crippen molar-refractivity contribution in [3.05, 3.63) is 33.8 Å². The first-order valence-corrected chi connectivity index (χ1v) is 7.69. The number of carbonyl (C=O) groups excluding carboxylic acids is 1. The Bertz CT molecular complexity index is 496. The molecule has 118 valence electrons. The number of carbonyl (C=O) groups is 1. The van der Waals surface area contributed by atoms with Gasteiger partial charge in [0.05, 0.1) is 0 Å². The van der Waals surface area contributed by atoms with E-state index >= 15 is 0 Å². The minimum absolute atomic E-state index is 0. The zero-order valence-corrected chi connectivity index (χ0v) is 14.6. The molecule has 3 nitrogen and oxygen atoms in total. The molecule has 0 saturated carbocycles. The molecule has 6 heteroatoms. The highest BCUT2D eigenvalue weighted by atomic mass is 35.5. The standard InChI is InChI=1S/C15H20Cl2N2O.ClH/c1-10(7-12-3-4-13(16)8-14(12)17)15(20)19-6-5-18-9-11(19)2;/h3-4,8,10-11,18H,5-7,9H2,1-2H3;1H/t10?,11-;/m0./s1. The van der Waals surface area contributed by atoms with Gasteiger partial charge in [0.15, 0.2) is 0 Å². The fraction of sp³-hybridized carbons (Fsp3) is 0.533. The molecule has 1 aromatic carbocycles. The molecule has 1 heterocycles. The Morgan fingerprint density at radius 2 is 2.19 bits per heavy atom. The zero-order chi connectivity index (χ0) is 14.7. The highest BCUT2D eigenvalue weighted by Crippen LogP contribution is 2.24. The summed E-state index contributed by atoms with van der Waals surface area (Å²) in [6.07, 6.45) is 0.644. The first-order valence-electron chi connectivity index (χ1n) is 6.94.